The molecule has 1 aliphatic heterocycles. The smallest absolute Gasteiger partial charge is 0.335 e. The second-order valence-corrected chi connectivity index (χ2v) is 7.40. The topological polar surface area (TPSA) is 88.1 Å². The highest BCUT2D eigenvalue weighted by Gasteiger charge is 2.70. The first-order valence-corrected chi connectivity index (χ1v) is 9.64. The molecule has 0 N–H and O–H groups in total. The Balaban J connectivity index is 2.22. The number of rotatable bonds is 7. The minimum absolute atomic E-state index is 0.0386. The first-order valence-electron chi connectivity index (χ1n) is 9.64. The predicted molar refractivity (Wildman–Crippen MR) is 97.6 cm³/mol. The van der Waals surface area contributed by atoms with Gasteiger partial charge in [-0.05, 0) is 24.7 Å². The van der Waals surface area contributed by atoms with Crippen LogP contribution in [0, 0.1) is 36.0 Å². The third-order valence-electron chi connectivity index (χ3n) is 6.19. The van der Waals surface area contributed by atoms with E-state index < -0.39 is 29.6 Å². The van der Waals surface area contributed by atoms with Crippen LogP contribution in [-0.4, -0.2) is 50.9 Å². The number of carbonyl (C=O) groups excluding carboxylic acids is 3. The number of unbranched alkanes of at least 4 members (excludes halogenated alkanes) is 1. The Hall–Kier alpha value is -2.17. The van der Waals surface area contributed by atoms with Crippen molar-refractivity contribution < 1.29 is 33.3 Å². The molecule has 0 radical (unpaired) electrons. The van der Waals surface area contributed by atoms with E-state index in [4.69, 9.17) is 25.4 Å². The van der Waals surface area contributed by atoms with Crippen molar-refractivity contribution in [2.75, 3.05) is 27.4 Å². The number of carbonyl (C=O) groups is 3. The summed E-state index contributed by atoms with van der Waals surface area (Å²) >= 11 is 0. The second-order valence-electron chi connectivity index (χ2n) is 7.40. The molecule has 5 atom stereocenters. The fraction of sp³-hybridized carbons (Fsp3) is 0.667. The third-order valence-corrected chi connectivity index (χ3v) is 6.19. The van der Waals surface area contributed by atoms with E-state index in [2.05, 4.69) is 12.8 Å². The largest absolute Gasteiger partial charge is 0.466 e. The summed E-state index contributed by atoms with van der Waals surface area (Å²) in [5, 5.41) is 0. The van der Waals surface area contributed by atoms with Gasteiger partial charge in [-0.2, -0.15) is 0 Å². The fourth-order valence-corrected chi connectivity index (χ4v) is 5.18. The lowest BCUT2D eigenvalue weighted by atomic mass is 9.50. The Labute approximate surface area is 164 Å². The second kappa shape index (κ2) is 8.06. The predicted octanol–water partition coefficient (Wildman–Crippen LogP) is 1.65. The Morgan fingerprint density at radius 1 is 1.25 bits per heavy atom. The molecule has 7 nitrogen and oxygen atoms in total. The van der Waals surface area contributed by atoms with E-state index in [1.54, 1.807) is 0 Å². The van der Waals surface area contributed by atoms with Gasteiger partial charge in [0.15, 0.2) is 0 Å². The van der Waals surface area contributed by atoms with Crippen LogP contribution in [0.1, 0.15) is 32.6 Å². The molecule has 1 saturated carbocycles. The first-order chi connectivity index (χ1) is 13.5. The van der Waals surface area contributed by atoms with Crippen LogP contribution >= 0.6 is 0 Å². The van der Waals surface area contributed by atoms with E-state index in [9.17, 15) is 14.4 Å². The summed E-state index contributed by atoms with van der Waals surface area (Å²) in [7, 11) is 2.48. The maximum absolute atomic E-state index is 13.6. The van der Waals surface area contributed by atoms with Gasteiger partial charge in [-0.25, -0.2) is 9.59 Å². The summed E-state index contributed by atoms with van der Waals surface area (Å²) < 4.78 is 21.5. The van der Waals surface area contributed by atoms with E-state index in [0.29, 0.717) is 13.0 Å². The van der Waals surface area contributed by atoms with Crippen LogP contribution < -0.4 is 0 Å². The van der Waals surface area contributed by atoms with Crippen molar-refractivity contribution in [3.8, 4) is 12.3 Å². The first kappa shape index (κ1) is 20.6. The molecule has 0 aromatic heterocycles. The highest BCUT2D eigenvalue weighted by atomic mass is 16.7. The minimum Gasteiger partial charge on any atom is -0.466 e. The third kappa shape index (κ3) is 2.87. The van der Waals surface area contributed by atoms with Crippen molar-refractivity contribution in [1.29, 1.82) is 0 Å². The molecule has 0 amide bonds. The van der Waals surface area contributed by atoms with Crippen LogP contribution in [0.2, 0.25) is 0 Å². The van der Waals surface area contributed by atoms with Gasteiger partial charge >= 0.3 is 11.9 Å². The van der Waals surface area contributed by atoms with Gasteiger partial charge in [-0.1, -0.05) is 25.7 Å². The molecule has 0 aromatic carbocycles. The van der Waals surface area contributed by atoms with Crippen LogP contribution in [0.15, 0.2) is 11.1 Å². The zero-order valence-corrected chi connectivity index (χ0v) is 16.5. The fourth-order valence-electron chi connectivity index (χ4n) is 5.18. The molecular formula is C21H26O7. The number of Topliss-reactive ketones (excluding diaryl/α,β-unsaturated/α-hetero) is 1. The number of esters is 2. The molecule has 4 bridgehead atoms. The van der Waals surface area contributed by atoms with Crippen molar-refractivity contribution in [3.63, 3.8) is 0 Å². The highest BCUT2D eigenvalue weighted by molar-refractivity contribution is 6.11. The zero-order valence-electron chi connectivity index (χ0n) is 16.5. The summed E-state index contributed by atoms with van der Waals surface area (Å²) in [4.78, 5) is 38.9. The summed E-state index contributed by atoms with van der Waals surface area (Å²) in [6.07, 6.45) is 8.66. The van der Waals surface area contributed by atoms with Crippen molar-refractivity contribution in [2.45, 2.75) is 38.4 Å². The molecule has 7 heteroatoms. The summed E-state index contributed by atoms with van der Waals surface area (Å²) in [6.45, 7) is 2.27. The van der Waals surface area contributed by atoms with Crippen molar-refractivity contribution in [1.82, 2.24) is 0 Å². The number of ketones is 1. The molecular weight excluding hydrogens is 364 g/mol. The molecule has 1 saturated heterocycles. The van der Waals surface area contributed by atoms with Crippen molar-refractivity contribution in [3.05, 3.63) is 11.1 Å². The lowest BCUT2D eigenvalue weighted by Gasteiger charge is -2.58. The molecule has 4 aliphatic rings. The number of ether oxygens (including phenoxy) is 4. The zero-order chi connectivity index (χ0) is 20.5. The molecule has 4 rings (SSSR count). The summed E-state index contributed by atoms with van der Waals surface area (Å²) in [6, 6.07) is 0. The number of hydrogen-bond donors (Lipinski definition) is 0. The van der Waals surface area contributed by atoms with E-state index in [0.717, 1.165) is 19.3 Å². The van der Waals surface area contributed by atoms with Gasteiger partial charge in [0, 0.05) is 0 Å². The number of methoxy groups -OCH3 is 2. The lowest BCUT2D eigenvalue weighted by molar-refractivity contribution is -0.290. The lowest BCUT2D eigenvalue weighted by Crippen LogP contribution is -2.69. The average molecular weight is 390 g/mol. The Morgan fingerprint density at radius 2 is 1.93 bits per heavy atom. The Kier molecular flexibility index (Phi) is 5.92. The maximum atomic E-state index is 13.6. The average Bonchev–Trinajstić information content (AvgIpc) is 2.72. The van der Waals surface area contributed by atoms with Gasteiger partial charge < -0.3 is 18.9 Å². The van der Waals surface area contributed by atoms with Crippen molar-refractivity contribution in [2.24, 2.45) is 23.7 Å². The van der Waals surface area contributed by atoms with E-state index in [-0.39, 0.29) is 35.4 Å². The molecule has 0 aromatic rings. The van der Waals surface area contributed by atoms with Crippen LogP contribution in [0.3, 0.4) is 0 Å². The molecule has 0 spiro atoms. The van der Waals surface area contributed by atoms with Crippen molar-refractivity contribution >= 4 is 17.7 Å². The van der Waals surface area contributed by atoms with Crippen LogP contribution in [0.25, 0.3) is 0 Å². The molecule has 1 heterocycles. The summed E-state index contributed by atoms with van der Waals surface area (Å²) in [5.74, 6) is -2.67. The Morgan fingerprint density at radius 3 is 2.54 bits per heavy atom. The normalized spacial score (nSPS) is 33.4. The maximum Gasteiger partial charge on any atom is 0.335 e. The van der Waals surface area contributed by atoms with E-state index >= 15 is 0 Å². The Bertz CT molecular complexity index is 746. The van der Waals surface area contributed by atoms with Crippen LogP contribution in [0.4, 0.5) is 0 Å². The van der Waals surface area contributed by atoms with Gasteiger partial charge in [-0.3, -0.25) is 4.79 Å². The monoisotopic (exact) mass is 390 g/mol. The number of terminal acetylenes is 1. The molecule has 5 unspecified atom stereocenters. The standard InChI is InChI=1S/C21H26O7/c1-5-7-8-12-13-9-11-28-21(27-10-6-2)17(13)16(20(24)26-4)15(19(23)25-3)14(12)18(21)22/h2,12-14,17H,5,7-11H2,1,3-4H3. The van der Waals surface area contributed by atoms with Gasteiger partial charge in [0.2, 0.25) is 11.6 Å². The molecule has 152 valence electrons. The quantitative estimate of drug-likeness (QED) is 0.482. The summed E-state index contributed by atoms with van der Waals surface area (Å²) in [5.41, 5.74) is 0.223. The highest BCUT2D eigenvalue weighted by Crippen LogP contribution is 2.60. The van der Waals surface area contributed by atoms with E-state index in [1.807, 2.05) is 0 Å². The molecule has 2 fully saturated rings. The SMILES string of the molecule is C#CCOC12OCCC3C(CCCC)C(C1=O)C(C(=O)OC)=C(C(=O)OC)C32. The number of hydrogen-bond acceptors (Lipinski definition) is 7. The van der Waals surface area contributed by atoms with Gasteiger partial charge in [0.05, 0.1) is 43.8 Å². The molecule has 3 aliphatic carbocycles. The van der Waals surface area contributed by atoms with Gasteiger partial charge in [-0.15, -0.1) is 6.42 Å². The minimum atomic E-state index is -1.65. The van der Waals surface area contributed by atoms with E-state index in [1.165, 1.54) is 14.2 Å². The van der Waals surface area contributed by atoms with Crippen LogP contribution in [-0.2, 0) is 33.3 Å². The van der Waals surface area contributed by atoms with Gasteiger partial charge in [0.25, 0.3) is 0 Å². The van der Waals surface area contributed by atoms with Gasteiger partial charge in [0.1, 0.15) is 6.61 Å². The molecule has 28 heavy (non-hydrogen) atoms. The van der Waals surface area contributed by atoms with Crippen LogP contribution in [0.5, 0.6) is 0 Å².